The molecule has 0 saturated carbocycles. The van der Waals surface area contributed by atoms with Crippen molar-refractivity contribution in [3.8, 4) is 0 Å². The Hall–Kier alpha value is -1.14. The predicted molar refractivity (Wildman–Crippen MR) is 68.8 cm³/mol. The highest BCUT2D eigenvalue weighted by atomic mass is 16.5. The average Bonchev–Trinajstić information content (AvgIpc) is 2.84. The minimum absolute atomic E-state index is 0.0609. The van der Waals surface area contributed by atoms with Crippen LogP contribution >= 0.6 is 0 Å². The van der Waals surface area contributed by atoms with Gasteiger partial charge in [0.2, 0.25) is 5.91 Å². The van der Waals surface area contributed by atoms with Crippen LogP contribution in [0.15, 0.2) is 0 Å². The molecule has 19 heavy (non-hydrogen) atoms. The van der Waals surface area contributed by atoms with Crippen LogP contribution in [-0.4, -0.2) is 49.5 Å². The number of hydrogen-bond donors (Lipinski definition) is 2. The number of rotatable bonds is 9. The lowest BCUT2D eigenvalue weighted by atomic mass is 10.1. The molecule has 1 aliphatic heterocycles. The molecule has 0 aliphatic carbocycles. The number of amides is 1. The Morgan fingerprint density at radius 2 is 2.32 bits per heavy atom. The number of carboxylic acids is 1. The van der Waals surface area contributed by atoms with E-state index >= 15 is 0 Å². The second-order valence-corrected chi connectivity index (χ2v) is 4.97. The third-order valence-corrected chi connectivity index (χ3v) is 2.97. The monoisotopic (exact) mass is 273 g/mol. The van der Waals surface area contributed by atoms with E-state index in [-0.39, 0.29) is 24.3 Å². The van der Waals surface area contributed by atoms with E-state index in [9.17, 15) is 9.59 Å². The van der Waals surface area contributed by atoms with Gasteiger partial charge in [-0.25, -0.2) is 0 Å². The Morgan fingerprint density at radius 3 is 2.95 bits per heavy atom. The van der Waals surface area contributed by atoms with Crippen LogP contribution in [0.1, 0.15) is 32.6 Å². The van der Waals surface area contributed by atoms with Gasteiger partial charge in [-0.15, -0.1) is 0 Å². The van der Waals surface area contributed by atoms with Crippen molar-refractivity contribution in [2.24, 2.45) is 5.92 Å². The summed E-state index contributed by atoms with van der Waals surface area (Å²) in [5.74, 6) is -1.01. The normalized spacial score (nSPS) is 20.2. The quantitative estimate of drug-likeness (QED) is 0.607. The Kier molecular flexibility index (Phi) is 7.43. The second-order valence-electron chi connectivity index (χ2n) is 4.97. The standard InChI is InChI=1S/C13H23NO5/c1-10(7-13(16)17)8-14-12(15)4-6-18-9-11-3-2-5-19-11/h10-11H,2-9H2,1H3,(H,14,15)(H,16,17). The molecule has 0 spiro atoms. The summed E-state index contributed by atoms with van der Waals surface area (Å²) in [5, 5.41) is 11.3. The molecule has 1 rings (SSSR count). The third-order valence-electron chi connectivity index (χ3n) is 2.97. The zero-order chi connectivity index (χ0) is 14.1. The Morgan fingerprint density at radius 1 is 1.53 bits per heavy atom. The van der Waals surface area contributed by atoms with Crippen molar-refractivity contribution < 1.29 is 24.2 Å². The summed E-state index contributed by atoms with van der Waals surface area (Å²) < 4.78 is 10.8. The summed E-state index contributed by atoms with van der Waals surface area (Å²) >= 11 is 0. The second kappa shape index (κ2) is 8.87. The number of nitrogens with one attached hydrogen (secondary N) is 1. The van der Waals surface area contributed by atoms with Crippen molar-refractivity contribution in [2.75, 3.05) is 26.4 Å². The fraction of sp³-hybridized carbons (Fsp3) is 0.846. The van der Waals surface area contributed by atoms with Gasteiger partial charge in [0.15, 0.2) is 0 Å². The number of carbonyl (C=O) groups is 2. The van der Waals surface area contributed by atoms with E-state index in [2.05, 4.69) is 5.32 Å². The van der Waals surface area contributed by atoms with Crippen LogP contribution in [0.25, 0.3) is 0 Å². The molecule has 2 atom stereocenters. The summed E-state index contributed by atoms with van der Waals surface area (Å²) in [6.07, 6.45) is 2.65. The van der Waals surface area contributed by atoms with Gasteiger partial charge in [0.05, 0.1) is 19.3 Å². The number of carbonyl (C=O) groups excluding carboxylic acids is 1. The smallest absolute Gasteiger partial charge is 0.303 e. The van der Waals surface area contributed by atoms with Gasteiger partial charge in [-0.05, 0) is 18.8 Å². The number of carboxylic acid groups (broad SMARTS) is 1. The van der Waals surface area contributed by atoms with Crippen molar-refractivity contribution in [3.63, 3.8) is 0 Å². The Bertz CT molecular complexity index is 289. The molecule has 1 fully saturated rings. The first kappa shape index (κ1) is 15.9. The van der Waals surface area contributed by atoms with Crippen molar-refractivity contribution >= 4 is 11.9 Å². The molecule has 0 aromatic heterocycles. The molecule has 0 aromatic rings. The summed E-state index contributed by atoms with van der Waals surface area (Å²) in [7, 11) is 0. The Balaban J connectivity index is 1.96. The van der Waals surface area contributed by atoms with E-state index in [1.54, 1.807) is 6.92 Å². The van der Waals surface area contributed by atoms with Gasteiger partial charge in [0.25, 0.3) is 0 Å². The molecular weight excluding hydrogens is 250 g/mol. The van der Waals surface area contributed by atoms with Gasteiger partial charge in [0, 0.05) is 26.0 Å². The van der Waals surface area contributed by atoms with Crippen LogP contribution in [0.3, 0.4) is 0 Å². The first-order valence-electron chi connectivity index (χ1n) is 6.75. The molecule has 1 saturated heterocycles. The number of hydrogen-bond acceptors (Lipinski definition) is 4. The maximum absolute atomic E-state index is 11.5. The van der Waals surface area contributed by atoms with Gasteiger partial charge < -0.3 is 19.9 Å². The summed E-state index contributed by atoms with van der Waals surface area (Å²) in [4.78, 5) is 21.9. The van der Waals surface area contributed by atoms with Crippen LogP contribution in [0.2, 0.25) is 0 Å². The van der Waals surface area contributed by atoms with E-state index in [1.807, 2.05) is 0 Å². The van der Waals surface area contributed by atoms with Crippen molar-refractivity contribution in [3.05, 3.63) is 0 Å². The number of aliphatic carboxylic acids is 1. The number of ether oxygens (including phenoxy) is 2. The Labute approximate surface area is 113 Å². The topological polar surface area (TPSA) is 84.9 Å². The maximum atomic E-state index is 11.5. The predicted octanol–water partition coefficient (Wildman–Crippen LogP) is 0.799. The molecule has 1 aliphatic rings. The van der Waals surface area contributed by atoms with Crippen LogP contribution in [0.4, 0.5) is 0 Å². The van der Waals surface area contributed by atoms with Gasteiger partial charge >= 0.3 is 5.97 Å². The highest BCUT2D eigenvalue weighted by Gasteiger charge is 2.15. The lowest BCUT2D eigenvalue weighted by Gasteiger charge is -2.12. The summed E-state index contributed by atoms with van der Waals surface area (Å²) in [6, 6.07) is 0. The van der Waals surface area contributed by atoms with E-state index in [0.717, 1.165) is 19.4 Å². The molecule has 1 amide bonds. The van der Waals surface area contributed by atoms with E-state index < -0.39 is 5.97 Å². The van der Waals surface area contributed by atoms with Gasteiger partial charge in [-0.3, -0.25) is 9.59 Å². The van der Waals surface area contributed by atoms with Crippen LogP contribution in [0, 0.1) is 5.92 Å². The minimum Gasteiger partial charge on any atom is -0.481 e. The molecule has 6 heteroatoms. The van der Waals surface area contributed by atoms with E-state index in [0.29, 0.717) is 26.2 Å². The molecule has 110 valence electrons. The van der Waals surface area contributed by atoms with Crippen LogP contribution < -0.4 is 5.32 Å². The lowest BCUT2D eigenvalue weighted by molar-refractivity contribution is -0.138. The lowest BCUT2D eigenvalue weighted by Crippen LogP contribution is -2.30. The zero-order valence-corrected chi connectivity index (χ0v) is 11.4. The van der Waals surface area contributed by atoms with Gasteiger partial charge in [-0.2, -0.15) is 0 Å². The van der Waals surface area contributed by atoms with E-state index in [1.165, 1.54) is 0 Å². The molecule has 0 bridgehead atoms. The SMILES string of the molecule is CC(CNC(=O)CCOCC1CCCO1)CC(=O)O. The third kappa shape index (κ3) is 7.79. The molecular formula is C13H23NO5. The average molecular weight is 273 g/mol. The minimum atomic E-state index is -0.846. The fourth-order valence-corrected chi connectivity index (χ4v) is 1.90. The van der Waals surface area contributed by atoms with Gasteiger partial charge in [-0.1, -0.05) is 6.92 Å². The van der Waals surface area contributed by atoms with E-state index in [4.69, 9.17) is 14.6 Å². The van der Waals surface area contributed by atoms with Crippen molar-refractivity contribution in [1.82, 2.24) is 5.32 Å². The van der Waals surface area contributed by atoms with Crippen molar-refractivity contribution in [2.45, 2.75) is 38.7 Å². The first-order valence-corrected chi connectivity index (χ1v) is 6.75. The molecule has 6 nitrogen and oxygen atoms in total. The zero-order valence-electron chi connectivity index (χ0n) is 11.4. The first-order chi connectivity index (χ1) is 9.08. The highest BCUT2D eigenvalue weighted by Crippen LogP contribution is 2.11. The molecule has 0 radical (unpaired) electrons. The van der Waals surface area contributed by atoms with Crippen LogP contribution in [0.5, 0.6) is 0 Å². The molecule has 0 aromatic carbocycles. The summed E-state index contributed by atoms with van der Waals surface area (Å²) in [6.45, 7) is 3.90. The van der Waals surface area contributed by atoms with Crippen molar-refractivity contribution in [1.29, 1.82) is 0 Å². The summed E-state index contributed by atoms with van der Waals surface area (Å²) in [5.41, 5.74) is 0. The molecule has 1 heterocycles. The molecule has 2 unspecified atom stereocenters. The van der Waals surface area contributed by atoms with Crippen LogP contribution in [-0.2, 0) is 19.1 Å². The molecule has 2 N–H and O–H groups in total. The van der Waals surface area contributed by atoms with Gasteiger partial charge in [0.1, 0.15) is 0 Å². The fourth-order valence-electron chi connectivity index (χ4n) is 1.90. The largest absolute Gasteiger partial charge is 0.481 e. The highest BCUT2D eigenvalue weighted by molar-refractivity contribution is 5.76. The maximum Gasteiger partial charge on any atom is 0.303 e.